The zero-order valence-electron chi connectivity index (χ0n) is 25.5. The number of aromatic nitrogens is 2. The summed E-state index contributed by atoms with van der Waals surface area (Å²) in [5, 5.41) is 5.28. The van der Waals surface area contributed by atoms with Crippen molar-refractivity contribution in [1.82, 2.24) is 19.8 Å². The fourth-order valence-electron chi connectivity index (χ4n) is 5.57. The first-order valence-corrected chi connectivity index (χ1v) is 16.1. The van der Waals surface area contributed by atoms with E-state index >= 15 is 0 Å². The summed E-state index contributed by atoms with van der Waals surface area (Å²) in [7, 11) is 0. The second kappa shape index (κ2) is 13.3. The van der Waals surface area contributed by atoms with Crippen LogP contribution in [0.5, 0.6) is 0 Å². The zero-order valence-corrected chi connectivity index (χ0v) is 27.0. The largest absolute Gasteiger partial charge is 0.405 e. The van der Waals surface area contributed by atoms with Crippen LogP contribution in [0.25, 0.3) is 33.6 Å². The molecule has 0 radical (unpaired) electrons. The van der Waals surface area contributed by atoms with Crippen molar-refractivity contribution in [2.24, 2.45) is 0 Å². The molecule has 3 heterocycles. The quantitative estimate of drug-likeness (QED) is 0.221. The second-order valence-electron chi connectivity index (χ2n) is 11.2. The van der Waals surface area contributed by atoms with Gasteiger partial charge in [0.05, 0.1) is 28.2 Å². The molecule has 0 saturated carbocycles. The highest BCUT2D eigenvalue weighted by molar-refractivity contribution is 7.13. The maximum Gasteiger partial charge on any atom is 0.405 e. The molecule has 0 spiro atoms. The standard InChI is InChI=1S/C34H34ClF3N4O2S/c1-5-21-8-7-9-22(6-2)30(21)42-28(16-20(3)4)25(32(43)41-15-14-39-29(18-41)34(36,37)38)17-26(33(42)44)31-40-27(19-45-31)23-10-12-24(35)13-11-23/h7-13,16-17,19,29,39H,5-6,14-15,18H2,1-4H3. The van der Waals surface area contributed by atoms with E-state index in [0.29, 0.717) is 39.9 Å². The molecular weight excluding hydrogens is 621 g/mol. The molecule has 2 aromatic carbocycles. The number of carbonyl (C=O) groups excluding carboxylic acids is 1. The number of rotatable bonds is 7. The highest BCUT2D eigenvalue weighted by Crippen LogP contribution is 2.33. The molecule has 45 heavy (non-hydrogen) atoms. The number of alkyl halides is 3. The number of allylic oxidation sites excluding steroid dienone is 1. The van der Waals surface area contributed by atoms with Crippen LogP contribution in [-0.2, 0) is 12.8 Å². The van der Waals surface area contributed by atoms with Crippen LogP contribution in [0.15, 0.2) is 64.3 Å². The van der Waals surface area contributed by atoms with E-state index < -0.39 is 24.7 Å². The normalized spacial score (nSPS) is 15.3. The third-order valence-electron chi connectivity index (χ3n) is 7.82. The first-order valence-electron chi connectivity index (χ1n) is 14.8. The van der Waals surface area contributed by atoms with Crippen LogP contribution in [0.1, 0.15) is 54.9 Å². The SMILES string of the molecule is CCc1cccc(CC)c1-n1c(C=C(C)C)c(C(=O)N2CCNC(C(F)(F)F)C2)cc(-c2nc(-c3ccc(Cl)cc3)cs2)c1=O. The van der Waals surface area contributed by atoms with Crippen LogP contribution in [0.2, 0.25) is 5.02 Å². The van der Waals surface area contributed by atoms with Gasteiger partial charge in [-0.3, -0.25) is 14.2 Å². The van der Waals surface area contributed by atoms with E-state index in [1.54, 1.807) is 22.8 Å². The summed E-state index contributed by atoms with van der Waals surface area (Å²) >= 11 is 7.34. The summed E-state index contributed by atoms with van der Waals surface area (Å²) in [5.74, 6) is -0.574. The molecule has 0 bridgehead atoms. The van der Waals surface area contributed by atoms with E-state index in [1.807, 2.05) is 63.4 Å². The van der Waals surface area contributed by atoms with Gasteiger partial charge < -0.3 is 10.2 Å². The lowest BCUT2D eigenvalue weighted by atomic mass is 9.99. The van der Waals surface area contributed by atoms with Gasteiger partial charge in [-0.15, -0.1) is 11.3 Å². The maximum absolute atomic E-state index is 14.6. The van der Waals surface area contributed by atoms with Gasteiger partial charge in [0.15, 0.2) is 0 Å². The number of piperazine rings is 1. The van der Waals surface area contributed by atoms with Gasteiger partial charge in [0.1, 0.15) is 11.0 Å². The lowest BCUT2D eigenvalue weighted by Crippen LogP contribution is -2.58. The number of carbonyl (C=O) groups is 1. The van der Waals surface area contributed by atoms with E-state index in [-0.39, 0.29) is 29.8 Å². The van der Waals surface area contributed by atoms with Crippen molar-refractivity contribution in [1.29, 1.82) is 0 Å². The Morgan fingerprint density at radius 3 is 2.38 bits per heavy atom. The number of benzene rings is 2. The molecule has 4 aromatic rings. The van der Waals surface area contributed by atoms with Gasteiger partial charge in [0, 0.05) is 35.6 Å². The number of hydrogen-bond donors (Lipinski definition) is 1. The van der Waals surface area contributed by atoms with Crippen molar-refractivity contribution >= 4 is 34.9 Å². The molecule has 6 nitrogen and oxygen atoms in total. The molecule has 1 aliphatic rings. The van der Waals surface area contributed by atoms with Crippen LogP contribution < -0.4 is 10.9 Å². The molecule has 5 rings (SSSR count). The topological polar surface area (TPSA) is 67.2 Å². The maximum atomic E-state index is 14.6. The Kier molecular flexibility index (Phi) is 9.67. The fourth-order valence-corrected chi connectivity index (χ4v) is 6.53. The smallest absolute Gasteiger partial charge is 0.335 e. The Labute approximate surface area is 269 Å². The summed E-state index contributed by atoms with van der Waals surface area (Å²) in [6.07, 6.45) is -1.50. The second-order valence-corrected chi connectivity index (χ2v) is 12.5. The fraction of sp³-hybridized carbons (Fsp3) is 0.324. The van der Waals surface area contributed by atoms with E-state index in [0.717, 1.165) is 22.3 Å². The first kappa shape index (κ1) is 32.7. The minimum absolute atomic E-state index is 0.00399. The Bertz CT molecular complexity index is 1790. The molecule has 1 fully saturated rings. The van der Waals surface area contributed by atoms with Crippen molar-refractivity contribution < 1.29 is 18.0 Å². The van der Waals surface area contributed by atoms with Crippen molar-refractivity contribution in [3.8, 4) is 27.5 Å². The predicted octanol–water partition coefficient (Wildman–Crippen LogP) is 7.81. The van der Waals surface area contributed by atoms with Gasteiger partial charge >= 0.3 is 6.18 Å². The minimum Gasteiger partial charge on any atom is -0.335 e. The average molecular weight is 655 g/mol. The third-order valence-corrected chi connectivity index (χ3v) is 8.94. The van der Waals surface area contributed by atoms with Gasteiger partial charge in [-0.2, -0.15) is 13.2 Å². The Morgan fingerprint density at radius 2 is 1.78 bits per heavy atom. The lowest BCUT2D eigenvalue weighted by molar-refractivity contribution is -0.162. The molecule has 0 aliphatic carbocycles. The summed E-state index contributed by atoms with van der Waals surface area (Å²) in [4.78, 5) is 34.9. The number of pyridine rings is 1. The Morgan fingerprint density at radius 1 is 1.11 bits per heavy atom. The van der Waals surface area contributed by atoms with Crippen molar-refractivity contribution in [3.05, 3.63) is 97.2 Å². The van der Waals surface area contributed by atoms with Crippen molar-refractivity contribution in [2.75, 3.05) is 19.6 Å². The van der Waals surface area contributed by atoms with Crippen molar-refractivity contribution in [3.63, 3.8) is 0 Å². The minimum atomic E-state index is -4.51. The van der Waals surface area contributed by atoms with Gasteiger partial charge in [-0.05, 0) is 62.1 Å². The first-order chi connectivity index (χ1) is 21.4. The molecule has 1 atom stereocenters. The van der Waals surface area contributed by atoms with Crippen LogP contribution in [0.4, 0.5) is 13.2 Å². The average Bonchev–Trinajstić information content (AvgIpc) is 3.50. The number of amides is 1. The Hall–Kier alpha value is -3.73. The van der Waals surface area contributed by atoms with E-state index in [9.17, 15) is 22.8 Å². The molecule has 1 unspecified atom stereocenters. The highest BCUT2D eigenvalue weighted by atomic mass is 35.5. The molecule has 1 N–H and O–H groups in total. The molecule has 236 valence electrons. The molecule has 1 saturated heterocycles. The van der Waals surface area contributed by atoms with Gasteiger partial charge in [-0.1, -0.05) is 61.4 Å². The number of thiazole rings is 1. The van der Waals surface area contributed by atoms with Gasteiger partial charge in [0.2, 0.25) is 0 Å². The number of nitrogens with zero attached hydrogens (tertiary/aromatic N) is 3. The van der Waals surface area contributed by atoms with E-state index in [2.05, 4.69) is 5.32 Å². The number of nitrogens with one attached hydrogen (secondary N) is 1. The molecule has 2 aromatic heterocycles. The molecule has 1 aliphatic heterocycles. The number of hydrogen-bond acceptors (Lipinski definition) is 5. The number of halogens is 4. The van der Waals surface area contributed by atoms with Crippen molar-refractivity contribution in [2.45, 2.75) is 52.8 Å². The van der Waals surface area contributed by atoms with Gasteiger partial charge in [0.25, 0.3) is 11.5 Å². The molecular formula is C34H34ClF3N4O2S. The summed E-state index contributed by atoms with van der Waals surface area (Å²) in [6, 6.07) is 12.7. The lowest BCUT2D eigenvalue weighted by Gasteiger charge is -2.35. The van der Waals surface area contributed by atoms with E-state index in [1.165, 1.54) is 22.3 Å². The monoisotopic (exact) mass is 654 g/mol. The highest BCUT2D eigenvalue weighted by Gasteiger charge is 2.43. The molecule has 1 amide bonds. The summed E-state index contributed by atoms with van der Waals surface area (Å²) in [6.45, 7) is 7.26. The van der Waals surface area contributed by atoms with Crippen LogP contribution in [0.3, 0.4) is 0 Å². The van der Waals surface area contributed by atoms with Gasteiger partial charge in [-0.25, -0.2) is 4.98 Å². The third kappa shape index (κ3) is 6.78. The summed E-state index contributed by atoms with van der Waals surface area (Å²) in [5.41, 5.74) is 5.09. The predicted molar refractivity (Wildman–Crippen MR) is 175 cm³/mol. The Balaban J connectivity index is 1.79. The van der Waals surface area contributed by atoms with Crippen LogP contribution in [0, 0.1) is 0 Å². The van der Waals surface area contributed by atoms with Crippen LogP contribution in [-0.4, -0.2) is 52.2 Å². The van der Waals surface area contributed by atoms with Crippen LogP contribution >= 0.6 is 22.9 Å². The molecule has 11 heteroatoms. The number of aryl methyl sites for hydroxylation is 2. The summed E-state index contributed by atoms with van der Waals surface area (Å²) < 4.78 is 42.7. The van der Waals surface area contributed by atoms with E-state index in [4.69, 9.17) is 16.6 Å². The number of para-hydroxylation sites is 1. The zero-order chi connectivity index (χ0) is 32.5.